The first kappa shape index (κ1) is 12.4. The van der Waals surface area contributed by atoms with Gasteiger partial charge in [0, 0.05) is 39.6 Å². The van der Waals surface area contributed by atoms with Crippen LogP contribution in [0.4, 0.5) is 0 Å². The normalized spacial score (nSPS) is 12.3. The standard InChI is InChI=1S/C10H14N2OS2/c1-15(13)4-2-3-12-7-10-5-9(6-11)8-14-10/h5,8,12H,2-4,7H2,1H3. The average Bonchev–Trinajstić information content (AvgIpc) is 2.65. The Labute approximate surface area is 96.6 Å². The smallest absolute Gasteiger partial charge is 0.100 e. The summed E-state index contributed by atoms with van der Waals surface area (Å²) < 4.78 is 10.8. The molecule has 15 heavy (non-hydrogen) atoms. The molecular weight excluding hydrogens is 228 g/mol. The Kier molecular flexibility index (Phi) is 5.54. The molecule has 0 amide bonds. The lowest BCUT2D eigenvalue weighted by molar-refractivity contribution is 0.665. The van der Waals surface area contributed by atoms with E-state index in [0.29, 0.717) is 0 Å². The van der Waals surface area contributed by atoms with Crippen molar-refractivity contribution in [3.8, 4) is 6.07 Å². The van der Waals surface area contributed by atoms with Crippen LogP contribution >= 0.6 is 11.3 Å². The molecule has 0 aliphatic rings. The summed E-state index contributed by atoms with van der Waals surface area (Å²) >= 11 is 1.59. The third-order valence-electron chi connectivity index (χ3n) is 1.87. The van der Waals surface area contributed by atoms with E-state index in [2.05, 4.69) is 11.4 Å². The van der Waals surface area contributed by atoms with Gasteiger partial charge in [0.1, 0.15) is 6.07 Å². The second-order valence-corrected chi connectivity index (χ2v) is 5.77. The van der Waals surface area contributed by atoms with E-state index in [4.69, 9.17) is 5.26 Å². The Balaban J connectivity index is 2.15. The van der Waals surface area contributed by atoms with Gasteiger partial charge in [-0.1, -0.05) is 0 Å². The van der Waals surface area contributed by atoms with Gasteiger partial charge in [0.2, 0.25) is 0 Å². The fourth-order valence-corrected chi connectivity index (χ4v) is 2.47. The van der Waals surface area contributed by atoms with Gasteiger partial charge in [0.15, 0.2) is 0 Å². The molecule has 0 aromatic carbocycles. The lowest BCUT2D eigenvalue weighted by Crippen LogP contribution is -2.15. The van der Waals surface area contributed by atoms with Gasteiger partial charge in [-0.15, -0.1) is 11.3 Å². The Bertz CT molecular complexity index is 368. The maximum atomic E-state index is 10.8. The zero-order valence-electron chi connectivity index (χ0n) is 8.66. The summed E-state index contributed by atoms with van der Waals surface area (Å²) in [5.41, 5.74) is 0.728. The number of nitrogens with one attached hydrogen (secondary N) is 1. The molecule has 1 rings (SSSR count). The van der Waals surface area contributed by atoms with Crippen molar-refractivity contribution in [2.75, 3.05) is 18.6 Å². The summed E-state index contributed by atoms with van der Waals surface area (Å²) in [7, 11) is -0.691. The van der Waals surface area contributed by atoms with Crippen LogP contribution in [0.1, 0.15) is 16.9 Å². The molecule has 1 N–H and O–H groups in total. The van der Waals surface area contributed by atoms with Crippen LogP contribution < -0.4 is 5.32 Å². The predicted octanol–water partition coefficient (Wildman–Crippen LogP) is 1.48. The first-order valence-electron chi connectivity index (χ1n) is 4.70. The first-order chi connectivity index (χ1) is 7.22. The third-order valence-corrected chi connectivity index (χ3v) is 3.67. The van der Waals surface area contributed by atoms with Crippen molar-refractivity contribution < 1.29 is 4.21 Å². The molecule has 1 aromatic heterocycles. The molecule has 3 nitrogen and oxygen atoms in total. The van der Waals surface area contributed by atoms with Gasteiger partial charge in [-0.3, -0.25) is 4.21 Å². The van der Waals surface area contributed by atoms with Gasteiger partial charge in [-0.05, 0) is 19.0 Å². The fourth-order valence-electron chi connectivity index (χ4n) is 1.14. The van der Waals surface area contributed by atoms with Crippen LogP contribution in [0.3, 0.4) is 0 Å². The highest BCUT2D eigenvalue weighted by molar-refractivity contribution is 7.84. The monoisotopic (exact) mass is 242 g/mol. The largest absolute Gasteiger partial charge is 0.312 e. The van der Waals surface area contributed by atoms with Crippen molar-refractivity contribution in [3.63, 3.8) is 0 Å². The van der Waals surface area contributed by atoms with Crippen LogP contribution in [0.2, 0.25) is 0 Å². The second kappa shape index (κ2) is 6.72. The molecule has 1 unspecified atom stereocenters. The van der Waals surface area contributed by atoms with E-state index in [0.717, 1.165) is 30.8 Å². The number of nitrogens with zero attached hydrogens (tertiary/aromatic N) is 1. The highest BCUT2D eigenvalue weighted by Gasteiger charge is 1.98. The van der Waals surface area contributed by atoms with Crippen LogP contribution in [0.25, 0.3) is 0 Å². The molecule has 0 fully saturated rings. The number of hydrogen-bond donors (Lipinski definition) is 1. The fraction of sp³-hybridized carbons (Fsp3) is 0.500. The average molecular weight is 242 g/mol. The zero-order chi connectivity index (χ0) is 11.1. The quantitative estimate of drug-likeness (QED) is 0.769. The summed E-state index contributed by atoms with van der Waals surface area (Å²) in [4.78, 5) is 1.17. The number of nitriles is 1. The molecule has 0 saturated heterocycles. The highest BCUT2D eigenvalue weighted by atomic mass is 32.2. The topological polar surface area (TPSA) is 52.9 Å². The van der Waals surface area contributed by atoms with Gasteiger partial charge >= 0.3 is 0 Å². The summed E-state index contributed by atoms with van der Waals surface area (Å²) in [5, 5.41) is 13.7. The minimum atomic E-state index is -0.691. The molecule has 5 heteroatoms. The molecule has 1 heterocycles. The molecule has 0 saturated carbocycles. The molecule has 0 spiro atoms. The number of rotatable bonds is 6. The van der Waals surface area contributed by atoms with Crippen molar-refractivity contribution in [1.29, 1.82) is 5.26 Å². The lowest BCUT2D eigenvalue weighted by atomic mass is 10.3. The summed E-state index contributed by atoms with van der Waals surface area (Å²) in [6, 6.07) is 4.00. The van der Waals surface area contributed by atoms with Crippen molar-refractivity contribution in [1.82, 2.24) is 5.32 Å². The molecule has 82 valence electrons. The first-order valence-corrected chi connectivity index (χ1v) is 7.31. The summed E-state index contributed by atoms with van der Waals surface area (Å²) in [5.74, 6) is 0.751. The van der Waals surface area contributed by atoms with E-state index in [-0.39, 0.29) is 0 Å². The molecule has 0 aliphatic carbocycles. The second-order valence-electron chi connectivity index (χ2n) is 3.22. The van der Waals surface area contributed by atoms with E-state index >= 15 is 0 Å². The van der Waals surface area contributed by atoms with Crippen LogP contribution in [-0.4, -0.2) is 22.8 Å². The molecular formula is C10H14N2OS2. The van der Waals surface area contributed by atoms with E-state index in [1.165, 1.54) is 4.88 Å². The van der Waals surface area contributed by atoms with E-state index in [1.54, 1.807) is 17.6 Å². The van der Waals surface area contributed by atoms with Gasteiger partial charge in [0.05, 0.1) is 5.56 Å². The van der Waals surface area contributed by atoms with Gasteiger partial charge in [-0.25, -0.2) is 0 Å². The maximum absolute atomic E-state index is 10.8. The summed E-state index contributed by atoms with van der Waals surface area (Å²) in [6.07, 6.45) is 2.65. The van der Waals surface area contributed by atoms with Crippen LogP contribution in [0.5, 0.6) is 0 Å². The van der Waals surface area contributed by atoms with Crippen molar-refractivity contribution in [3.05, 3.63) is 21.9 Å². The van der Waals surface area contributed by atoms with Crippen molar-refractivity contribution in [2.45, 2.75) is 13.0 Å². The third kappa shape index (κ3) is 5.07. The highest BCUT2D eigenvalue weighted by Crippen LogP contribution is 2.13. The Morgan fingerprint density at radius 3 is 3.07 bits per heavy atom. The van der Waals surface area contributed by atoms with E-state index in [1.807, 2.05) is 11.4 Å². The Morgan fingerprint density at radius 2 is 2.47 bits per heavy atom. The van der Waals surface area contributed by atoms with Gasteiger partial charge in [0.25, 0.3) is 0 Å². The number of thiophene rings is 1. The van der Waals surface area contributed by atoms with Gasteiger partial charge < -0.3 is 5.32 Å². The zero-order valence-corrected chi connectivity index (χ0v) is 10.3. The van der Waals surface area contributed by atoms with Crippen LogP contribution in [-0.2, 0) is 17.3 Å². The molecule has 1 atom stereocenters. The maximum Gasteiger partial charge on any atom is 0.100 e. The Hall–Kier alpha value is -0.700. The predicted molar refractivity (Wildman–Crippen MR) is 64.3 cm³/mol. The minimum absolute atomic E-state index is 0.691. The lowest BCUT2D eigenvalue weighted by Gasteiger charge is -2.01. The Morgan fingerprint density at radius 1 is 1.67 bits per heavy atom. The molecule has 1 aromatic rings. The number of hydrogen-bond acceptors (Lipinski definition) is 4. The molecule has 0 bridgehead atoms. The molecule has 0 aliphatic heterocycles. The summed E-state index contributed by atoms with van der Waals surface area (Å²) in [6.45, 7) is 1.67. The van der Waals surface area contributed by atoms with Crippen molar-refractivity contribution >= 4 is 22.1 Å². The minimum Gasteiger partial charge on any atom is -0.312 e. The van der Waals surface area contributed by atoms with E-state index in [9.17, 15) is 4.21 Å². The van der Waals surface area contributed by atoms with Crippen LogP contribution in [0.15, 0.2) is 11.4 Å². The molecule has 0 radical (unpaired) electrons. The SMILES string of the molecule is CS(=O)CCCNCc1cc(C#N)cs1. The van der Waals surface area contributed by atoms with Crippen LogP contribution in [0, 0.1) is 11.3 Å². The van der Waals surface area contributed by atoms with Crippen molar-refractivity contribution in [2.24, 2.45) is 0 Å². The van der Waals surface area contributed by atoms with Gasteiger partial charge in [-0.2, -0.15) is 5.26 Å². The van der Waals surface area contributed by atoms with E-state index < -0.39 is 10.8 Å².